The molecule has 2 heterocycles. The molecule has 0 amide bonds. The minimum Gasteiger partial charge on any atom is -0.264 e. The molecule has 0 bridgehead atoms. The van der Waals surface area contributed by atoms with E-state index in [1.165, 1.54) is 21.3 Å². The van der Waals surface area contributed by atoms with Gasteiger partial charge in [-0.2, -0.15) is 5.10 Å². The molecule has 1 aromatic carbocycles. The molecule has 4 heteroatoms. The third kappa shape index (κ3) is 1.89. The highest BCUT2D eigenvalue weighted by Gasteiger charge is 2.11. The fraction of sp³-hybridized carbons (Fsp3) is 0.214. The molecule has 0 fully saturated rings. The van der Waals surface area contributed by atoms with E-state index in [1.54, 1.807) is 11.3 Å². The summed E-state index contributed by atoms with van der Waals surface area (Å²) >= 11 is 5.37. The van der Waals surface area contributed by atoms with Crippen molar-refractivity contribution in [2.75, 3.05) is 0 Å². The van der Waals surface area contributed by atoms with Crippen LogP contribution in [-0.2, 0) is 6.54 Å². The maximum Gasteiger partial charge on any atom is 0.0738 e. The predicted octanol–water partition coefficient (Wildman–Crippen LogP) is 4.53. The van der Waals surface area contributed by atoms with Crippen LogP contribution in [0.3, 0.4) is 0 Å². The van der Waals surface area contributed by atoms with Crippen LogP contribution < -0.4 is 0 Å². The lowest BCUT2D eigenvalue weighted by atomic mass is 10.2. The molecule has 0 atom stereocenters. The summed E-state index contributed by atoms with van der Waals surface area (Å²) in [7, 11) is 0. The molecular weight excluding hydrogens is 308 g/mol. The molecule has 0 N–H and O–H groups in total. The number of benzene rings is 1. The molecular formula is C14H13BrN2S. The lowest BCUT2D eigenvalue weighted by molar-refractivity contribution is 0.662. The van der Waals surface area contributed by atoms with E-state index >= 15 is 0 Å². The Bertz CT molecular complexity index is 712. The second-order valence-corrected chi connectivity index (χ2v) is 6.10. The largest absolute Gasteiger partial charge is 0.264 e. The van der Waals surface area contributed by atoms with Crippen molar-refractivity contribution in [1.29, 1.82) is 0 Å². The Morgan fingerprint density at radius 2 is 2.06 bits per heavy atom. The number of nitrogens with zero attached hydrogens (tertiary/aromatic N) is 2. The predicted molar refractivity (Wildman–Crippen MR) is 80.3 cm³/mol. The van der Waals surface area contributed by atoms with Gasteiger partial charge in [-0.3, -0.25) is 4.68 Å². The van der Waals surface area contributed by atoms with Gasteiger partial charge in [0, 0.05) is 4.70 Å². The minimum atomic E-state index is 0.836. The fourth-order valence-electron chi connectivity index (χ4n) is 2.15. The Hall–Kier alpha value is -1.13. The first-order valence-electron chi connectivity index (χ1n) is 5.81. The van der Waals surface area contributed by atoms with Gasteiger partial charge in [-0.1, -0.05) is 18.2 Å². The molecule has 3 rings (SSSR count). The smallest absolute Gasteiger partial charge is 0.0738 e. The highest BCUT2D eigenvalue weighted by atomic mass is 79.9. The number of hydrogen-bond donors (Lipinski definition) is 0. The molecule has 18 heavy (non-hydrogen) atoms. The van der Waals surface area contributed by atoms with Gasteiger partial charge in [0.15, 0.2) is 0 Å². The number of thiophene rings is 1. The Morgan fingerprint density at radius 3 is 2.78 bits per heavy atom. The van der Waals surface area contributed by atoms with Crippen LogP contribution in [0.25, 0.3) is 10.1 Å². The second-order valence-electron chi connectivity index (χ2n) is 4.40. The maximum absolute atomic E-state index is 4.57. The van der Waals surface area contributed by atoms with E-state index in [-0.39, 0.29) is 0 Å². The monoisotopic (exact) mass is 320 g/mol. The Balaban J connectivity index is 2.04. The van der Waals surface area contributed by atoms with E-state index < -0.39 is 0 Å². The number of fused-ring (bicyclic) bond motifs is 1. The number of halogens is 1. The quantitative estimate of drug-likeness (QED) is 0.678. The number of rotatable bonds is 2. The molecule has 92 valence electrons. The van der Waals surface area contributed by atoms with Crippen molar-refractivity contribution in [3.63, 3.8) is 0 Å². The summed E-state index contributed by atoms with van der Waals surface area (Å²) in [6.45, 7) is 4.96. The van der Waals surface area contributed by atoms with Crippen LogP contribution in [0.1, 0.15) is 17.0 Å². The van der Waals surface area contributed by atoms with Crippen molar-refractivity contribution in [1.82, 2.24) is 9.78 Å². The Kier molecular flexibility index (Phi) is 2.99. The van der Waals surface area contributed by atoms with E-state index in [1.807, 2.05) is 6.92 Å². The summed E-state index contributed by atoms with van der Waals surface area (Å²) in [6, 6.07) is 8.53. The van der Waals surface area contributed by atoms with E-state index in [4.69, 9.17) is 0 Å². The van der Waals surface area contributed by atoms with Gasteiger partial charge in [0.1, 0.15) is 0 Å². The number of aryl methyl sites for hydroxylation is 1. The molecule has 2 nitrogen and oxygen atoms in total. The van der Waals surface area contributed by atoms with Crippen molar-refractivity contribution >= 4 is 37.4 Å². The second kappa shape index (κ2) is 4.52. The molecule has 0 saturated carbocycles. The third-order valence-corrected chi connectivity index (χ3v) is 5.33. The van der Waals surface area contributed by atoms with Crippen LogP contribution in [0.2, 0.25) is 0 Å². The zero-order chi connectivity index (χ0) is 12.7. The summed E-state index contributed by atoms with van der Waals surface area (Å²) in [5.74, 6) is 0. The summed E-state index contributed by atoms with van der Waals surface area (Å²) in [6.07, 6.45) is 0. The van der Waals surface area contributed by atoms with Gasteiger partial charge in [0.25, 0.3) is 0 Å². The summed E-state index contributed by atoms with van der Waals surface area (Å²) in [4.78, 5) is 0. The molecule has 0 spiro atoms. The van der Waals surface area contributed by atoms with Crippen molar-refractivity contribution < 1.29 is 0 Å². The van der Waals surface area contributed by atoms with E-state index in [0.717, 1.165) is 16.7 Å². The lowest BCUT2D eigenvalue weighted by Gasteiger charge is -2.03. The first-order chi connectivity index (χ1) is 8.66. The highest BCUT2D eigenvalue weighted by Crippen LogP contribution is 2.27. The molecule has 3 aromatic rings. The standard InChI is InChI=1S/C14H13BrN2S/c1-9-14(15)10(2)17(16-9)7-11-8-18-13-6-4-3-5-12(11)13/h3-6,8H,7H2,1-2H3. The van der Waals surface area contributed by atoms with Crippen LogP contribution >= 0.6 is 27.3 Å². The first-order valence-corrected chi connectivity index (χ1v) is 7.48. The third-order valence-electron chi connectivity index (χ3n) is 3.17. The van der Waals surface area contributed by atoms with Gasteiger partial charge in [-0.15, -0.1) is 11.3 Å². The van der Waals surface area contributed by atoms with Gasteiger partial charge in [-0.25, -0.2) is 0 Å². The SMILES string of the molecule is Cc1nn(Cc2csc3ccccc23)c(C)c1Br. The Labute approximate surface area is 118 Å². The molecule has 0 saturated heterocycles. The summed E-state index contributed by atoms with van der Waals surface area (Å²) in [5, 5.41) is 8.14. The molecule has 0 aliphatic rings. The van der Waals surface area contributed by atoms with E-state index in [2.05, 4.69) is 62.3 Å². The topological polar surface area (TPSA) is 17.8 Å². The summed E-state index contributed by atoms with van der Waals surface area (Å²) < 4.78 is 4.52. The molecule has 2 aromatic heterocycles. The highest BCUT2D eigenvalue weighted by molar-refractivity contribution is 9.10. The van der Waals surface area contributed by atoms with Crippen molar-refractivity contribution in [2.45, 2.75) is 20.4 Å². The van der Waals surface area contributed by atoms with Crippen LogP contribution in [0, 0.1) is 13.8 Å². The van der Waals surface area contributed by atoms with Crippen LogP contribution in [-0.4, -0.2) is 9.78 Å². The fourth-order valence-corrected chi connectivity index (χ4v) is 3.38. The van der Waals surface area contributed by atoms with Gasteiger partial charge in [0.2, 0.25) is 0 Å². The number of hydrogen-bond acceptors (Lipinski definition) is 2. The van der Waals surface area contributed by atoms with Crippen LogP contribution in [0.5, 0.6) is 0 Å². The van der Waals surface area contributed by atoms with Crippen LogP contribution in [0.4, 0.5) is 0 Å². The van der Waals surface area contributed by atoms with Crippen LogP contribution in [0.15, 0.2) is 34.1 Å². The number of aromatic nitrogens is 2. The maximum atomic E-state index is 4.57. The zero-order valence-corrected chi connectivity index (χ0v) is 12.7. The Morgan fingerprint density at radius 1 is 1.28 bits per heavy atom. The van der Waals surface area contributed by atoms with Crippen molar-refractivity contribution in [3.8, 4) is 0 Å². The average Bonchev–Trinajstić information content (AvgIpc) is 2.89. The summed E-state index contributed by atoms with van der Waals surface area (Å²) in [5.41, 5.74) is 3.57. The van der Waals surface area contributed by atoms with Gasteiger partial charge in [-0.05, 0) is 52.2 Å². The first kappa shape index (κ1) is 11.9. The normalized spacial score (nSPS) is 11.3. The molecule has 0 aliphatic heterocycles. The zero-order valence-electron chi connectivity index (χ0n) is 10.3. The van der Waals surface area contributed by atoms with Crippen molar-refractivity contribution in [3.05, 3.63) is 51.1 Å². The molecule has 0 radical (unpaired) electrons. The average molecular weight is 321 g/mol. The molecule has 0 aliphatic carbocycles. The van der Waals surface area contributed by atoms with Crippen molar-refractivity contribution in [2.24, 2.45) is 0 Å². The lowest BCUT2D eigenvalue weighted by Crippen LogP contribution is -2.03. The molecule has 0 unspecified atom stereocenters. The van der Waals surface area contributed by atoms with E-state index in [0.29, 0.717) is 0 Å². The van der Waals surface area contributed by atoms with Gasteiger partial charge in [0.05, 0.1) is 22.4 Å². The van der Waals surface area contributed by atoms with E-state index in [9.17, 15) is 0 Å². The van der Waals surface area contributed by atoms with Gasteiger partial charge < -0.3 is 0 Å². The minimum absolute atomic E-state index is 0.836. The van der Waals surface area contributed by atoms with Gasteiger partial charge >= 0.3 is 0 Å².